The predicted molar refractivity (Wildman–Crippen MR) is 118 cm³/mol. The molecule has 0 unspecified atom stereocenters. The van der Waals surface area contributed by atoms with Crippen LogP contribution in [0, 0.1) is 0 Å². The van der Waals surface area contributed by atoms with Crippen molar-refractivity contribution in [2.45, 2.75) is 6.42 Å². The first-order valence-electron chi connectivity index (χ1n) is 9.60. The number of rotatable bonds is 8. The van der Waals surface area contributed by atoms with Crippen LogP contribution >= 0.6 is 11.3 Å². The van der Waals surface area contributed by atoms with Gasteiger partial charge in [-0.15, -0.1) is 16.4 Å². The number of carbonyl (C=O) groups is 1. The second kappa shape index (κ2) is 9.05. The standard InChI is InChI=1S/C22H22N4O4S/c1-28-17-7-4-14(5-8-17)20-24-22-26(25-20)16(13-31-22)10-11-23-21(27)15-6-9-18(29-2)19(12-15)30-3/h4-9,12-13H,10-11H2,1-3H3,(H,23,27). The molecule has 0 atom stereocenters. The molecule has 0 saturated carbocycles. The first-order valence-corrected chi connectivity index (χ1v) is 10.5. The number of fused-ring (bicyclic) bond motifs is 1. The fraction of sp³-hybridized carbons (Fsp3) is 0.227. The van der Waals surface area contributed by atoms with Crippen LogP contribution in [-0.4, -0.2) is 48.4 Å². The summed E-state index contributed by atoms with van der Waals surface area (Å²) in [6.07, 6.45) is 0.629. The van der Waals surface area contributed by atoms with Gasteiger partial charge in [-0.3, -0.25) is 4.79 Å². The molecule has 0 fully saturated rings. The number of methoxy groups -OCH3 is 3. The maximum absolute atomic E-state index is 12.5. The zero-order chi connectivity index (χ0) is 21.8. The molecule has 1 N–H and O–H groups in total. The summed E-state index contributed by atoms with van der Waals surface area (Å²) in [7, 11) is 4.74. The van der Waals surface area contributed by atoms with Gasteiger partial charge in [-0.1, -0.05) is 0 Å². The number of nitrogens with one attached hydrogen (secondary N) is 1. The van der Waals surface area contributed by atoms with E-state index in [4.69, 9.17) is 14.2 Å². The second-order valence-electron chi connectivity index (χ2n) is 6.66. The van der Waals surface area contributed by atoms with Gasteiger partial charge in [-0.25, -0.2) is 4.52 Å². The van der Waals surface area contributed by atoms with Gasteiger partial charge in [0, 0.05) is 29.5 Å². The Morgan fingerprint density at radius 1 is 1.03 bits per heavy atom. The van der Waals surface area contributed by atoms with E-state index in [-0.39, 0.29) is 5.91 Å². The number of amides is 1. The third kappa shape index (κ3) is 4.31. The zero-order valence-corrected chi connectivity index (χ0v) is 18.2. The lowest BCUT2D eigenvalue weighted by Gasteiger charge is -2.10. The first-order chi connectivity index (χ1) is 15.1. The van der Waals surface area contributed by atoms with E-state index in [0.717, 1.165) is 22.0 Å². The maximum Gasteiger partial charge on any atom is 0.251 e. The number of hydrogen-bond donors (Lipinski definition) is 1. The van der Waals surface area contributed by atoms with Crippen molar-refractivity contribution in [1.29, 1.82) is 0 Å². The van der Waals surface area contributed by atoms with Gasteiger partial charge >= 0.3 is 0 Å². The molecular formula is C22H22N4O4S. The number of ether oxygens (including phenoxy) is 3. The molecule has 2 aromatic heterocycles. The Morgan fingerprint density at radius 3 is 2.52 bits per heavy atom. The third-order valence-electron chi connectivity index (χ3n) is 4.81. The Labute approximate surface area is 183 Å². The molecule has 1 amide bonds. The highest BCUT2D eigenvalue weighted by Crippen LogP contribution is 2.27. The Kier molecular flexibility index (Phi) is 6.03. The van der Waals surface area contributed by atoms with Crippen molar-refractivity contribution in [3.63, 3.8) is 0 Å². The van der Waals surface area contributed by atoms with Gasteiger partial charge in [0.2, 0.25) is 4.96 Å². The zero-order valence-electron chi connectivity index (χ0n) is 17.4. The molecule has 0 spiro atoms. The predicted octanol–water partition coefficient (Wildman–Crippen LogP) is 3.46. The van der Waals surface area contributed by atoms with E-state index < -0.39 is 0 Å². The van der Waals surface area contributed by atoms with Crippen LogP contribution in [0.4, 0.5) is 0 Å². The van der Waals surface area contributed by atoms with Crippen LogP contribution in [0.2, 0.25) is 0 Å². The number of hydrogen-bond acceptors (Lipinski definition) is 7. The summed E-state index contributed by atoms with van der Waals surface area (Å²) in [6.45, 7) is 0.469. The summed E-state index contributed by atoms with van der Waals surface area (Å²) < 4.78 is 17.5. The van der Waals surface area contributed by atoms with Crippen molar-refractivity contribution in [2.24, 2.45) is 0 Å². The lowest BCUT2D eigenvalue weighted by Crippen LogP contribution is -2.26. The van der Waals surface area contributed by atoms with Gasteiger partial charge < -0.3 is 19.5 Å². The molecule has 0 aliphatic rings. The van der Waals surface area contributed by atoms with Crippen molar-refractivity contribution in [1.82, 2.24) is 19.9 Å². The molecule has 4 rings (SSSR count). The lowest BCUT2D eigenvalue weighted by molar-refractivity contribution is 0.0953. The van der Waals surface area contributed by atoms with Crippen LogP contribution in [0.3, 0.4) is 0 Å². The van der Waals surface area contributed by atoms with Crippen molar-refractivity contribution < 1.29 is 19.0 Å². The summed E-state index contributed by atoms with van der Waals surface area (Å²) >= 11 is 1.52. The smallest absolute Gasteiger partial charge is 0.251 e. The molecule has 0 saturated heterocycles. The minimum atomic E-state index is -0.176. The Hall–Kier alpha value is -3.59. The fourth-order valence-corrected chi connectivity index (χ4v) is 4.00. The summed E-state index contributed by atoms with van der Waals surface area (Å²) in [4.78, 5) is 17.9. The molecule has 2 aromatic carbocycles. The van der Waals surface area contributed by atoms with Gasteiger partial charge in [0.15, 0.2) is 17.3 Å². The van der Waals surface area contributed by atoms with Gasteiger partial charge in [-0.05, 0) is 42.5 Å². The minimum Gasteiger partial charge on any atom is -0.497 e. The molecule has 31 heavy (non-hydrogen) atoms. The molecule has 0 radical (unpaired) electrons. The van der Waals surface area contributed by atoms with Crippen molar-refractivity contribution >= 4 is 22.2 Å². The molecule has 160 valence electrons. The number of benzene rings is 2. The lowest BCUT2D eigenvalue weighted by atomic mass is 10.2. The maximum atomic E-state index is 12.5. The summed E-state index contributed by atoms with van der Waals surface area (Å²) in [5.74, 6) is 2.37. The van der Waals surface area contributed by atoms with Gasteiger partial charge in [0.05, 0.1) is 27.0 Å². The van der Waals surface area contributed by atoms with Crippen LogP contribution in [0.25, 0.3) is 16.3 Å². The van der Waals surface area contributed by atoms with E-state index in [0.29, 0.717) is 35.9 Å². The summed E-state index contributed by atoms with van der Waals surface area (Å²) in [5, 5.41) is 9.57. The summed E-state index contributed by atoms with van der Waals surface area (Å²) in [6, 6.07) is 12.7. The highest BCUT2D eigenvalue weighted by Gasteiger charge is 2.13. The van der Waals surface area contributed by atoms with E-state index in [1.165, 1.54) is 11.3 Å². The van der Waals surface area contributed by atoms with E-state index >= 15 is 0 Å². The molecule has 8 nitrogen and oxygen atoms in total. The van der Waals surface area contributed by atoms with Crippen LogP contribution in [0.1, 0.15) is 16.1 Å². The highest BCUT2D eigenvalue weighted by atomic mass is 32.1. The number of thiazole rings is 1. The molecule has 0 bridgehead atoms. The van der Waals surface area contributed by atoms with E-state index in [1.54, 1.807) is 39.5 Å². The molecule has 4 aromatic rings. The van der Waals surface area contributed by atoms with Gasteiger partial charge in [0.25, 0.3) is 5.91 Å². The average molecular weight is 439 g/mol. The van der Waals surface area contributed by atoms with Crippen LogP contribution in [-0.2, 0) is 6.42 Å². The quantitative estimate of drug-likeness (QED) is 0.453. The molecule has 2 heterocycles. The molecular weight excluding hydrogens is 416 g/mol. The monoisotopic (exact) mass is 438 g/mol. The molecule has 0 aliphatic heterocycles. The van der Waals surface area contributed by atoms with Crippen molar-refractivity contribution in [3.8, 4) is 28.6 Å². The normalized spacial score (nSPS) is 10.8. The summed E-state index contributed by atoms with van der Waals surface area (Å²) in [5.41, 5.74) is 2.42. The van der Waals surface area contributed by atoms with Crippen LogP contribution in [0.5, 0.6) is 17.2 Å². The molecule has 9 heteroatoms. The largest absolute Gasteiger partial charge is 0.497 e. The topological polar surface area (TPSA) is 87.0 Å². The van der Waals surface area contributed by atoms with E-state index in [9.17, 15) is 4.79 Å². The third-order valence-corrected chi connectivity index (χ3v) is 5.68. The second-order valence-corrected chi connectivity index (χ2v) is 7.50. The van der Waals surface area contributed by atoms with Gasteiger partial charge in [-0.2, -0.15) is 4.98 Å². The van der Waals surface area contributed by atoms with Crippen LogP contribution in [0.15, 0.2) is 47.8 Å². The van der Waals surface area contributed by atoms with Crippen molar-refractivity contribution in [3.05, 3.63) is 59.1 Å². The number of nitrogens with zero attached hydrogens (tertiary/aromatic N) is 3. The minimum absolute atomic E-state index is 0.176. The Morgan fingerprint density at radius 2 is 1.81 bits per heavy atom. The molecule has 0 aliphatic carbocycles. The van der Waals surface area contributed by atoms with E-state index in [1.807, 2.05) is 34.2 Å². The van der Waals surface area contributed by atoms with Crippen molar-refractivity contribution in [2.75, 3.05) is 27.9 Å². The van der Waals surface area contributed by atoms with E-state index in [2.05, 4.69) is 15.4 Å². The van der Waals surface area contributed by atoms with Crippen LogP contribution < -0.4 is 19.5 Å². The first kappa shape index (κ1) is 20.7. The van der Waals surface area contributed by atoms with Gasteiger partial charge in [0.1, 0.15) is 5.75 Å². The highest BCUT2D eigenvalue weighted by molar-refractivity contribution is 7.15. The Bertz CT molecular complexity index is 1200. The fourth-order valence-electron chi connectivity index (χ4n) is 3.14. The SMILES string of the molecule is COc1ccc(-c2nc3scc(CCNC(=O)c4ccc(OC)c(OC)c4)n3n2)cc1. The number of carbonyl (C=O) groups excluding carboxylic acids is 1. The number of aromatic nitrogens is 3. The average Bonchev–Trinajstić information content (AvgIpc) is 3.40. The Balaban J connectivity index is 1.42.